The van der Waals surface area contributed by atoms with E-state index in [1.54, 1.807) is 7.11 Å². The first-order chi connectivity index (χ1) is 8.13. The van der Waals surface area contributed by atoms with Crippen LogP contribution in [0.1, 0.15) is 26.2 Å². The molecular weight excluding hydrogens is 280 g/mol. The molecule has 0 spiro atoms. The lowest BCUT2D eigenvalue weighted by atomic mass is 10.0. The van der Waals surface area contributed by atoms with Gasteiger partial charge in [0.25, 0.3) is 0 Å². The van der Waals surface area contributed by atoms with Gasteiger partial charge in [0, 0.05) is 23.1 Å². The van der Waals surface area contributed by atoms with Crippen LogP contribution >= 0.6 is 15.9 Å². The average Bonchev–Trinajstić information content (AvgIpc) is 2.31. The van der Waals surface area contributed by atoms with Gasteiger partial charge in [-0.25, -0.2) is 0 Å². The summed E-state index contributed by atoms with van der Waals surface area (Å²) in [6.07, 6.45) is 3.82. The molecule has 2 rings (SSSR count). The summed E-state index contributed by atoms with van der Waals surface area (Å²) >= 11 is 3.60. The Kier molecular flexibility index (Phi) is 3.82. The van der Waals surface area contributed by atoms with Crippen LogP contribution in [-0.4, -0.2) is 19.7 Å². The number of benzene rings is 1. The summed E-state index contributed by atoms with van der Waals surface area (Å²) in [5.41, 5.74) is 7.75. The highest BCUT2D eigenvalue weighted by Gasteiger charge is 2.21. The van der Waals surface area contributed by atoms with Gasteiger partial charge in [0.1, 0.15) is 5.75 Å². The van der Waals surface area contributed by atoms with Gasteiger partial charge in [0.2, 0.25) is 0 Å². The standard InChI is InChI=1S/C13H19BrN2O/c1-9-5-3-4-6-16(9)12-8-13(17-2)11(15)7-10(12)14/h7-9H,3-6,15H2,1-2H3. The normalized spacial score (nSPS) is 20.4. The number of halogens is 1. The summed E-state index contributed by atoms with van der Waals surface area (Å²) in [6.45, 7) is 3.38. The SMILES string of the molecule is COc1cc(N2CCCCC2C)c(Br)cc1N. The topological polar surface area (TPSA) is 38.5 Å². The van der Waals surface area contributed by atoms with Crippen LogP contribution in [0.2, 0.25) is 0 Å². The van der Waals surface area contributed by atoms with E-state index < -0.39 is 0 Å². The fraction of sp³-hybridized carbons (Fsp3) is 0.538. The zero-order valence-corrected chi connectivity index (χ0v) is 12.0. The molecular formula is C13H19BrN2O. The number of rotatable bonds is 2. The van der Waals surface area contributed by atoms with Gasteiger partial charge >= 0.3 is 0 Å². The average molecular weight is 299 g/mol. The van der Waals surface area contributed by atoms with Crippen LogP contribution in [0.25, 0.3) is 0 Å². The molecule has 1 aliphatic heterocycles. The van der Waals surface area contributed by atoms with Gasteiger partial charge < -0.3 is 15.4 Å². The maximum Gasteiger partial charge on any atom is 0.143 e. The quantitative estimate of drug-likeness (QED) is 0.850. The molecule has 0 aromatic heterocycles. The minimum absolute atomic E-state index is 0.577. The molecule has 3 nitrogen and oxygen atoms in total. The number of anilines is 2. The number of nitrogens with zero attached hydrogens (tertiary/aromatic N) is 1. The molecule has 1 unspecified atom stereocenters. The number of hydrogen-bond acceptors (Lipinski definition) is 3. The van der Waals surface area contributed by atoms with E-state index in [0.717, 1.165) is 16.8 Å². The van der Waals surface area contributed by atoms with Gasteiger partial charge in [-0.15, -0.1) is 0 Å². The summed E-state index contributed by atoms with van der Waals surface area (Å²) in [5.74, 6) is 0.751. The van der Waals surface area contributed by atoms with Gasteiger partial charge in [0.05, 0.1) is 18.5 Å². The van der Waals surface area contributed by atoms with Gasteiger partial charge in [-0.2, -0.15) is 0 Å². The fourth-order valence-electron chi connectivity index (χ4n) is 2.41. The minimum atomic E-state index is 0.577. The van der Waals surface area contributed by atoms with E-state index in [9.17, 15) is 0 Å². The van der Waals surface area contributed by atoms with Crippen molar-refractivity contribution in [1.29, 1.82) is 0 Å². The Morgan fingerprint density at radius 2 is 2.18 bits per heavy atom. The molecule has 0 radical (unpaired) electrons. The molecule has 94 valence electrons. The van der Waals surface area contributed by atoms with Crippen LogP contribution in [0, 0.1) is 0 Å². The third-order valence-corrected chi connectivity index (χ3v) is 4.05. The summed E-state index contributed by atoms with van der Waals surface area (Å²) in [7, 11) is 1.66. The zero-order valence-electron chi connectivity index (χ0n) is 10.4. The number of methoxy groups -OCH3 is 1. The molecule has 1 heterocycles. The molecule has 1 atom stereocenters. The molecule has 2 N–H and O–H groups in total. The van der Waals surface area contributed by atoms with Crippen molar-refractivity contribution >= 4 is 27.3 Å². The minimum Gasteiger partial charge on any atom is -0.495 e. The first-order valence-electron chi connectivity index (χ1n) is 6.03. The second kappa shape index (κ2) is 5.17. The van der Waals surface area contributed by atoms with Crippen LogP contribution in [-0.2, 0) is 0 Å². The number of nitrogens with two attached hydrogens (primary N) is 1. The molecule has 1 aromatic carbocycles. The van der Waals surface area contributed by atoms with Crippen LogP contribution in [0.5, 0.6) is 5.75 Å². The summed E-state index contributed by atoms with van der Waals surface area (Å²) in [4.78, 5) is 2.43. The van der Waals surface area contributed by atoms with Crippen LogP contribution in [0.15, 0.2) is 16.6 Å². The molecule has 1 aromatic rings. The fourth-order valence-corrected chi connectivity index (χ4v) is 3.00. The predicted molar refractivity (Wildman–Crippen MR) is 75.8 cm³/mol. The number of hydrogen-bond donors (Lipinski definition) is 1. The molecule has 17 heavy (non-hydrogen) atoms. The Balaban J connectivity index is 2.36. The number of piperidine rings is 1. The smallest absolute Gasteiger partial charge is 0.143 e. The van der Waals surface area contributed by atoms with Crippen LogP contribution in [0.4, 0.5) is 11.4 Å². The van der Waals surface area contributed by atoms with E-state index in [1.807, 2.05) is 12.1 Å². The number of nitrogen functional groups attached to an aromatic ring is 1. The lowest BCUT2D eigenvalue weighted by Gasteiger charge is -2.36. The van der Waals surface area contributed by atoms with Gasteiger partial charge in [0.15, 0.2) is 0 Å². The van der Waals surface area contributed by atoms with Crippen LogP contribution in [0.3, 0.4) is 0 Å². The Labute approximate surface area is 111 Å². The molecule has 4 heteroatoms. The summed E-state index contributed by atoms with van der Waals surface area (Å²) in [5, 5.41) is 0. The Morgan fingerprint density at radius 3 is 2.82 bits per heavy atom. The van der Waals surface area contributed by atoms with Gasteiger partial charge in [-0.3, -0.25) is 0 Å². The van der Waals surface area contributed by atoms with E-state index in [0.29, 0.717) is 11.7 Å². The van der Waals surface area contributed by atoms with Crippen molar-refractivity contribution in [2.45, 2.75) is 32.2 Å². The molecule has 1 saturated heterocycles. The third-order valence-electron chi connectivity index (χ3n) is 3.41. The summed E-state index contributed by atoms with van der Waals surface area (Å²) < 4.78 is 6.34. The van der Waals surface area contributed by atoms with Crippen molar-refractivity contribution in [1.82, 2.24) is 0 Å². The molecule has 0 bridgehead atoms. The molecule has 0 aliphatic carbocycles. The van der Waals surface area contributed by atoms with E-state index in [2.05, 4.69) is 27.8 Å². The van der Waals surface area contributed by atoms with Crippen LogP contribution < -0.4 is 15.4 Å². The third kappa shape index (κ3) is 2.51. The number of ether oxygens (including phenoxy) is 1. The predicted octanol–water partition coefficient (Wildman–Crippen LogP) is 3.42. The highest BCUT2D eigenvalue weighted by molar-refractivity contribution is 9.10. The van der Waals surface area contributed by atoms with Gasteiger partial charge in [-0.1, -0.05) is 0 Å². The summed E-state index contributed by atoms with van der Waals surface area (Å²) in [6, 6.07) is 4.53. The van der Waals surface area contributed by atoms with Crippen molar-refractivity contribution in [3.63, 3.8) is 0 Å². The molecule has 1 aliphatic rings. The largest absolute Gasteiger partial charge is 0.495 e. The lowest BCUT2D eigenvalue weighted by molar-refractivity contribution is 0.416. The monoisotopic (exact) mass is 298 g/mol. The van der Waals surface area contributed by atoms with Crippen molar-refractivity contribution in [2.24, 2.45) is 0 Å². The van der Waals surface area contributed by atoms with Crippen molar-refractivity contribution in [3.05, 3.63) is 16.6 Å². The Bertz CT molecular complexity index is 409. The van der Waals surface area contributed by atoms with E-state index >= 15 is 0 Å². The maximum atomic E-state index is 5.89. The van der Waals surface area contributed by atoms with E-state index in [1.165, 1.54) is 24.9 Å². The van der Waals surface area contributed by atoms with E-state index in [4.69, 9.17) is 10.5 Å². The Hall–Kier alpha value is -0.900. The first-order valence-corrected chi connectivity index (χ1v) is 6.82. The highest BCUT2D eigenvalue weighted by atomic mass is 79.9. The van der Waals surface area contributed by atoms with E-state index in [-0.39, 0.29) is 0 Å². The van der Waals surface area contributed by atoms with Crippen molar-refractivity contribution < 1.29 is 4.74 Å². The molecule has 0 amide bonds. The van der Waals surface area contributed by atoms with Gasteiger partial charge in [-0.05, 0) is 48.2 Å². The maximum absolute atomic E-state index is 5.89. The zero-order chi connectivity index (χ0) is 12.4. The molecule has 0 saturated carbocycles. The second-order valence-corrected chi connectivity index (χ2v) is 5.44. The molecule has 1 fully saturated rings. The van der Waals surface area contributed by atoms with Crippen molar-refractivity contribution in [3.8, 4) is 5.75 Å². The first kappa shape index (κ1) is 12.6. The lowest BCUT2D eigenvalue weighted by Crippen LogP contribution is -2.37. The Morgan fingerprint density at radius 1 is 1.41 bits per heavy atom. The van der Waals surface area contributed by atoms with Crippen molar-refractivity contribution in [2.75, 3.05) is 24.3 Å². The second-order valence-electron chi connectivity index (χ2n) is 4.58. The highest BCUT2D eigenvalue weighted by Crippen LogP contribution is 2.37.